The maximum absolute atomic E-state index is 10.6. The van der Waals surface area contributed by atoms with Crippen LogP contribution in [0.3, 0.4) is 0 Å². The molecule has 1 N–H and O–H groups in total. The van der Waals surface area contributed by atoms with Crippen molar-refractivity contribution in [2.24, 2.45) is 0 Å². The van der Waals surface area contributed by atoms with Gasteiger partial charge in [-0.1, -0.05) is 19.9 Å². The summed E-state index contributed by atoms with van der Waals surface area (Å²) in [5.74, 6) is -0.999. The van der Waals surface area contributed by atoms with Crippen molar-refractivity contribution in [2.45, 2.75) is 20.8 Å². The first-order valence-electron chi connectivity index (χ1n) is 4.85. The second kappa shape index (κ2) is 4.59. The van der Waals surface area contributed by atoms with E-state index in [1.165, 1.54) is 6.20 Å². The van der Waals surface area contributed by atoms with E-state index in [1.54, 1.807) is 10.5 Å². The molecule has 0 aromatic carbocycles. The molecule has 2 rings (SSSR count). The number of hydrogen-bond acceptors (Lipinski definition) is 2. The predicted molar refractivity (Wildman–Crippen MR) is 58.2 cm³/mol. The monoisotopic (exact) mass is 206 g/mol. The van der Waals surface area contributed by atoms with Crippen molar-refractivity contribution in [3.63, 3.8) is 0 Å². The molecule has 0 saturated heterocycles. The van der Waals surface area contributed by atoms with Crippen molar-refractivity contribution in [3.8, 4) is 0 Å². The van der Waals surface area contributed by atoms with E-state index >= 15 is 0 Å². The summed E-state index contributed by atoms with van der Waals surface area (Å²) in [7, 11) is 0. The largest absolute Gasteiger partial charge is 0.476 e. The first kappa shape index (κ1) is 11.2. The summed E-state index contributed by atoms with van der Waals surface area (Å²) in [4.78, 5) is 14.5. The molecule has 2 heterocycles. The summed E-state index contributed by atoms with van der Waals surface area (Å²) in [5, 5.41) is 8.68. The minimum Gasteiger partial charge on any atom is -0.476 e. The maximum Gasteiger partial charge on any atom is 0.356 e. The number of carboxylic acid groups (broad SMARTS) is 1. The maximum atomic E-state index is 10.6. The molecule has 4 heteroatoms. The molecule has 0 fully saturated rings. The molecule has 4 nitrogen and oxygen atoms in total. The first-order valence-corrected chi connectivity index (χ1v) is 4.85. The van der Waals surface area contributed by atoms with Crippen LogP contribution in [0, 0.1) is 6.92 Å². The zero-order valence-corrected chi connectivity index (χ0v) is 9.06. The van der Waals surface area contributed by atoms with E-state index in [1.807, 2.05) is 33.0 Å². The van der Waals surface area contributed by atoms with Crippen molar-refractivity contribution >= 4 is 11.6 Å². The topological polar surface area (TPSA) is 54.6 Å². The second-order valence-corrected chi connectivity index (χ2v) is 2.90. The lowest BCUT2D eigenvalue weighted by molar-refractivity contribution is 0.0691. The predicted octanol–water partition coefficient (Wildman–Crippen LogP) is 2.37. The highest BCUT2D eigenvalue weighted by atomic mass is 16.4. The van der Waals surface area contributed by atoms with E-state index in [4.69, 9.17) is 5.11 Å². The smallest absolute Gasteiger partial charge is 0.356 e. The van der Waals surface area contributed by atoms with Gasteiger partial charge in [-0.3, -0.25) is 0 Å². The fourth-order valence-corrected chi connectivity index (χ4v) is 1.21. The van der Waals surface area contributed by atoms with Crippen LogP contribution in [0.1, 0.15) is 29.9 Å². The van der Waals surface area contributed by atoms with Gasteiger partial charge in [0.2, 0.25) is 0 Å². The molecule has 0 saturated carbocycles. The van der Waals surface area contributed by atoms with Gasteiger partial charge in [0.15, 0.2) is 5.69 Å². The van der Waals surface area contributed by atoms with Crippen LogP contribution in [-0.2, 0) is 0 Å². The Labute approximate surface area is 88.2 Å². The Morgan fingerprint density at radius 1 is 1.33 bits per heavy atom. The third-order valence-electron chi connectivity index (χ3n) is 1.82. The minimum atomic E-state index is -0.999. The summed E-state index contributed by atoms with van der Waals surface area (Å²) < 4.78 is 1.71. The summed E-state index contributed by atoms with van der Waals surface area (Å²) in [6.45, 7) is 5.94. The molecular formula is C11H14N2O2. The Morgan fingerprint density at radius 3 is 2.60 bits per heavy atom. The molecule has 0 spiro atoms. The van der Waals surface area contributed by atoms with E-state index in [2.05, 4.69) is 4.98 Å². The Hall–Kier alpha value is -1.84. The molecule has 0 aliphatic heterocycles. The zero-order valence-electron chi connectivity index (χ0n) is 9.06. The number of fused-ring (bicyclic) bond motifs is 1. The Kier molecular flexibility index (Phi) is 3.44. The van der Waals surface area contributed by atoms with Crippen molar-refractivity contribution in [3.05, 3.63) is 35.8 Å². The van der Waals surface area contributed by atoms with Crippen LogP contribution in [-0.4, -0.2) is 20.5 Å². The van der Waals surface area contributed by atoms with Crippen LogP contribution in [0.15, 0.2) is 24.5 Å². The molecule has 0 radical (unpaired) electrons. The molecule has 0 bridgehead atoms. The van der Waals surface area contributed by atoms with Crippen molar-refractivity contribution in [1.82, 2.24) is 9.38 Å². The fourth-order valence-electron chi connectivity index (χ4n) is 1.21. The molecule has 80 valence electrons. The number of carboxylic acids is 1. The molecule has 15 heavy (non-hydrogen) atoms. The van der Waals surface area contributed by atoms with E-state index in [9.17, 15) is 4.79 Å². The quantitative estimate of drug-likeness (QED) is 0.779. The van der Waals surface area contributed by atoms with Crippen LogP contribution in [0.4, 0.5) is 0 Å². The molecule has 0 unspecified atom stereocenters. The highest BCUT2D eigenvalue weighted by Crippen LogP contribution is 2.06. The van der Waals surface area contributed by atoms with Gasteiger partial charge in [-0.15, -0.1) is 0 Å². The summed E-state index contributed by atoms with van der Waals surface area (Å²) in [6, 6.07) is 3.69. The molecule has 2 aromatic rings. The van der Waals surface area contributed by atoms with Gasteiger partial charge in [-0.05, 0) is 18.6 Å². The Bertz CT molecular complexity index is 474. The lowest BCUT2D eigenvalue weighted by atomic mass is 10.3. The molecule has 0 aliphatic rings. The van der Waals surface area contributed by atoms with Gasteiger partial charge in [0.25, 0.3) is 0 Å². The van der Waals surface area contributed by atoms with Crippen LogP contribution >= 0.6 is 0 Å². The second-order valence-electron chi connectivity index (χ2n) is 2.90. The van der Waals surface area contributed by atoms with Gasteiger partial charge in [-0.25, -0.2) is 9.78 Å². The van der Waals surface area contributed by atoms with Gasteiger partial charge >= 0.3 is 5.97 Å². The van der Waals surface area contributed by atoms with E-state index in [0.717, 1.165) is 5.56 Å². The number of imidazole rings is 1. The number of hydrogen-bond donors (Lipinski definition) is 1. The number of pyridine rings is 1. The first-order chi connectivity index (χ1) is 7.16. The molecule has 0 amide bonds. The van der Waals surface area contributed by atoms with Crippen molar-refractivity contribution < 1.29 is 9.90 Å². The average molecular weight is 206 g/mol. The number of nitrogens with zero attached hydrogens (tertiary/aromatic N) is 2. The minimum absolute atomic E-state index is 0.0746. The third kappa shape index (κ3) is 2.34. The number of aromatic carboxylic acids is 1. The zero-order chi connectivity index (χ0) is 11.4. The number of carbonyl (C=O) groups is 1. The summed E-state index contributed by atoms with van der Waals surface area (Å²) in [5.41, 5.74) is 1.80. The van der Waals surface area contributed by atoms with Gasteiger partial charge in [0.1, 0.15) is 5.65 Å². The van der Waals surface area contributed by atoms with Crippen molar-refractivity contribution in [2.75, 3.05) is 0 Å². The molecular weight excluding hydrogens is 192 g/mol. The number of aromatic nitrogens is 2. The SMILES string of the molecule is CC.Cc1ccc2nc(C(=O)O)cn2c1. The molecule has 0 aliphatic carbocycles. The van der Waals surface area contributed by atoms with Gasteiger partial charge in [0.05, 0.1) is 0 Å². The molecule has 2 aromatic heterocycles. The number of aryl methyl sites for hydroxylation is 1. The van der Waals surface area contributed by atoms with Gasteiger partial charge in [0, 0.05) is 12.4 Å². The van der Waals surface area contributed by atoms with Crippen molar-refractivity contribution in [1.29, 1.82) is 0 Å². The number of rotatable bonds is 1. The summed E-state index contributed by atoms with van der Waals surface area (Å²) in [6.07, 6.45) is 3.35. The van der Waals surface area contributed by atoms with Crippen LogP contribution in [0.5, 0.6) is 0 Å². The van der Waals surface area contributed by atoms with Crippen LogP contribution in [0.25, 0.3) is 5.65 Å². The average Bonchev–Trinajstić information content (AvgIpc) is 2.63. The van der Waals surface area contributed by atoms with Gasteiger partial charge < -0.3 is 9.51 Å². The standard InChI is InChI=1S/C9H8N2O2.C2H6/c1-6-2-3-8-10-7(9(12)13)5-11(8)4-6;1-2/h2-5H,1H3,(H,12,13);1-2H3. The summed E-state index contributed by atoms with van der Waals surface area (Å²) >= 11 is 0. The third-order valence-corrected chi connectivity index (χ3v) is 1.82. The lowest BCUT2D eigenvalue weighted by Crippen LogP contribution is -1.94. The molecule has 0 atom stereocenters. The van der Waals surface area contributed by atoms with E-state index in [0.29, 0.717) is 5.65 Å². The highest BCUT2D eigenvalue weighted by molar-refractivity contribution is 5.86. The van der Waals surface area contributed by atoms with Crippen LogP contribution < -0.4 is 0 Å². The fraction of sp³-hybridized carbons (Fsp3) is 0.273. The Balaban J connectivity index is 0.000000531. The highest BCUT2D eigenvalue weighted by Gasteiger charge is 2.07. The van der Waals surface area contributed by atoms with Crippen LogP contribution in [0.2, 0.25) is 0 Å². The van der Waals surface area contributed by atoms with E-state index in [-0.39, 0.29) is 5.69 Å². The lowest BCUT2D eigenvalue weighted by Gasteiger charge is -1.92. The Morgan fingerprint density at radius 2 is 2.00 bits per heavy atom. The normalized spacial score (nSPS) is 9.53. The van der Waals surface area contributed by atoms with Gasteiger partial charge in [-0.2, -0.15) is 0 Å². The van der Waals surface area contributed by atoms with E-state index < -0.39 is 5.97 Å².